The van der Waals surface area contributed by atoms with Crippen LogP contribution in [0.25, 0.3) is 0 Å². The van der Waals surface area contributed by atoms with E-state index >= 15 is 0 Å². The minimum atomic E-state index is -2.26. The maximum Gasteiger partial charge on any atom is 0.324 e. The van der Waals surface area contributed by atoms with E-state index in [0.717, 1.165) is 0 Å². The molecule has 0 heterocycles. The highest BCUT2D eigenvalue weighted by Crippen LogP contribution is 2.18. The number of carbonyl (C=O) groups is 4. The van der Waals surface area contributed by atoms with Gasteiger partial charge < -0.3 is 25.5 Å². The van der Waals surface area contributed by atoms with Crippen molar-refractivity contribution in [2.75, 3.05) is 6.61 Å². The number of hydrogen-bond donors (Lipinski definition) is 6. The van der Waals surface area contributed by atoms with Gasteiger partial charge in [0.1, 0.15) is 11.6 Å². The molecule has 0 aliphatic carbocycles. The van der Waals surface area contributed by atoms with E-state index < -0.39 is 61.3 Å². The summed E-state index contributed by atoms with van der Waals surface area (Å²) in [7, 11) is 0. The number of rotatable bonds is 10. The van der Waals surface area contributed by atoms with Gasteiger partial charge in [0.2, 0.25) is 0 Å². The third-order valence-corrected chi connectivity index (χ3v) is 2.53. The predicted octanol–water partition coefficient (Wildman–Crippen LogP) is -1.82. The number of aliphatic hydroxyl groups is 1. The van der Waals surface area contributed by atoms with Crippen LogP contribution in [0.3, 0.4) is 0 Å². The Morgan fingerprint density at radius 3 is 1.85 bits per heavy atom. The third-order valence-electron chi connectivity index (χ3n) is 2.53. The van der Waals surface area contributed by atoms with E-state index in [4.69, 9.17) is 25.5 Å². The van der Waals surface area contributed by atoms with E-state index in [1.54, 1.807) is 0 Å². The minimum Gasteiger partial charge on any atom is -0.481 e. The normalized spacial score (nSPS) is 15.1. The molecule has 20 heavy (non-hydrogen) atoms. The molecule has 0 aromatic heterocycles. The van der Waals surface area contributed by atoms with Gasteiger partial charge in [0.05, 0.1) is 12.8 Å². The predicted molar refractivity (Wildman–Crippen MR) is 61.1 cm³/mol. The van der Waals surface area contributed by atoms with E-state index in [0.29, 0.717) is 0 Å². The van der Waals surface area contributed by atoms with Crippen molar-refractivity contribution in [3.63, 3.8) is 0 Å². The first kappa shape index (κ1) is 17.8. The molecule has 2 atom stereocenters. The molecule has 0 saturated carbocycles. The van der Waals surface area contributed by atoms with Crippen molar-refractivity contribution in [1.82, 2.24) is 5.32 Å². The van der Waals surface area contributed by atoms with Gasteiger partial charge in [-0.15, -0.1) is 0 Å². The Hall–Kier alpha value is -2.20. The van der Waals surface area contributed by atoms with Crippen LogP contribution in [0.1, 0.15) is 19.3 Å². The van der Waals surface area contributed by atoms with Gasteiger partial charge in [-0.25, -0.2) is 0 Å². The lowest BCUT2D eigenvalue weighted by molar-refractivity contribution is -0.155. The van der Waals surface area contributed by atoms with Crippen molar-refractivity contribution in [2.24, 2.45) is 0 Å². The number of carboxylic acids is 4. The molecule has 0 aromatic rings. The Labute approximate surface area is 112 Å². The molecule has 0 bridgehead atoms. The highest BCUT2D eigenvalue weighted by molar-refractivity contribution is 5.87. The number of hydrogen-bond acceptors (Lipinski definition) is 6. The lowest BCUT2D eigenvalue weighted by Gasteiger charge is -2.31. The van der Waals surface area contributed by atoms with Crippen LogP contribution in [-0.2, 0) is 19.2 Å². The summed E-state index contributed by atoms with van der Waals surface area (Å²) in [6, 6.07) is -1.80. The van der Waals surface area contributed by atoms with E-state index in [1.165, 1.54) is 0 Å². The second-order valence-corrected chi connectivity index (χ2v) is 4.06. The van der Waals surface area contributed by atoms with E-state index in [9.17, 15) is 19.2 Å². The monoisotopic (exact) mass is 293 g/mol. The zero-order chi connectivity index (χ0) is 15.9. The Kier molecular flexibility index (Phi) is 6.59. The first-order valence-electron chi connectivity index (χ1n) is 5.43. The summed E-state index contributed by atoms with van der Waals surface area (Å²) in [5.74, 6) is -6.36. The van der Waals surface area contributed by atoms with Gasteiger partial charge in [-0.05, 0) is 6.42 Å². The van der Waals surface area contributed by atoms with Crippen LogP contribution < -0.4 is 5.32 Å². The fraction of sp³-hybridized carbons (Fsp3) is 0.600. The third kappa shape index (κ3) is 5.20. The molecular weight excluding hydrogens is 278 g/mol. The molecule has 10 heteroatoms. The summed E-state index contributed by atoms with van der Waals surface area (Å²) < 4.78 is 0. The molecule has 0 amide bonds. The van der Waals surface area contributed by atoms with Crippen LogP contribution in [0.5, 0.6) is 0 Å². The van der Waals surface area contributed by atoms with Crippen LogP contribution >= 0.6 is 0 Å². The lowest BCUT2D eigenvalue weighted by Crippen LogP contribution is -2.59. The Morgan fingerprint density at radius 2 is 1.55 bits per heavy atom. The zero-order valence-corrected chi connectivity index (χ0v) is 10.3. The molecular formula is C10H15NO9. The molecule has 0 aromatic carbocycles. The molecule has 2 unspecified atom stereocenters. The molecule has 10 nitrogen and oxygen atoms in total. The first-order chi connectivity index (χ1) is 9.14. The summed E-state index contributed by atoms with van der Waals surface area (Å²) >= 11 is 0. The highest BCUT2D eigenvalue weighted by Gasteiger charge is 2.43. The minimum absolute atomic E-state index is 0.585. The van der Waals surface area contributed by atoms with Gasteiger partial charge in [-0.1, -0.05) is 0 Å². The Balaban J connectivity index is 5.37. The van der Waals surface area contributed by atoms with Crippen molar-refractivity contribution in [2.45, 2.75) is 30.8 Å². The van der Waals surface area contributed by atoms with Gasteiger partial charge in [-0.3, -0.25) is 24.5 Å². The zero-order valence-electron chi connectivity index (χ0n) is 10.3. The summed E-state index contributed by atoms with van der Waals surface area (Å²) in [6.07, 6.45) is -2.53. The van der Waals surface area contributed by atoms with Crippen molar-refractivity contribution >= 4 is 23.9 Å². The first-order valence-corrected chi connectivity index (χ1v) is 5.43. The number of aliphatic carboxylic acids is 4. The Morgan fingerprint density at radius 1 is 1.00 bits per heavy atom. The lowest BCUT2D eigenvalue weighted by atomic mass is 9.90. The Bertz CT molecular complexity index is 408. The number of carboxylic acid groups (broad SMARTS) is 4. The van der Waals surface area contributed by atoms with Crippen LogP contribution in [-0.4, -0.2) is 67.6 Å². The molecule has 0 aliphatic heterocycles. The second kappa shape index (κ2) is 7.40. The van der Waals surface area contributed by atoms with Gasteiger partial charge in [0, 0.05) is 6.61 Å². The quantitative estimate of drug-likeness (QED) is 0.268. The van der Waals surface area contributed by atoms with E-state index in [-0.39, 0.29) is 0 Å². The number of nitrogens with one attached hydrogen (secondary N) is 1. The van der Waals surface area contributed by atoms with Gasteiger partial charge >= 0.3 is 23.9 Å². The maximum atomic E-state index is 11.2. The summed E-state index contributed by atoms with van der Waals surface area (Å²) in [5.41, 5.74) is -2.26. The van der Waals surface area contributed by atoms with Crippen molar-refractivity contribution in [1.29, 1.82) is 0 Å². The average molecular weight is 293 g/mol. The molecule has 0 spiro atoms. The topological polar surface area (TPSA) is 181 Å². The average Bonchev–Trinajstić information content (AvgIpc) is 2.26. The number of aliphatic hydroxyl groups excluding tert-OH is 1. The van der Waals surface area contributed by atoms with Gasteiger partial charge in [0.15, 0.2) is 0 Å². The molecule has 0 fully saturated rings. The van der Waals surface area contributed by atoms with Crippen LogP contribution in [0.2, 0.25) is 0 Å². The molecule has 0 rings (SSSR count). The van der Waals surface area contributed by atoms with Crippen molar-refractivity contribution < 1.29 is 44.7 Å². The fourth-order valence-electron chi connectivity index (χ4n) is 1.61. The standard InChI is InChI=1S/C10H15NO9/c12-2-1-10(9(19)20,4-7(15)16)11-5(8(17)18)3-6(13)14/h5,11-12H,1-4H2,(H,13,14)(H,15,16)(H,17,18)(H,19,20). The van der Waals surface area contributed by atoms with Gasteiger partial charge in [-0.2, -0.15) is 0 Å². The van der Waals surface area contributed by atoms with Crippen molar-refractivity contribution in [3.05, 3.63) is 0 Å². The largest absolute Gasteiger partial charge is 0.481 e. The maximum absolute atomic E-state index is 11.2. The van der Waals surface area contributed by atoms with E-state index in [2.05, 4.69) is 0 Å². The SMILES string of the molecule is O=C(O)CC(NC(CCO)(CC(=O)O)C(=O)O)C(=O)O. The summed E-state index contributed by atoms with van der Waals surface area (Å²) in [4.78, 5) is 43.4. The van der Waals surface area contributed by atoms with E-state index in [1.807, 2.05) is 5.32 Å². The molecule has 0 radical (unpaired) electrons. The highest BCUT2D eigenvalue weighted by atomic mass is 16.4. The van der Waals surface area contributed by atoms with Crippen LogP contribution in [0, 0.1) is 0 Å². The van der Waals surface area contributed by atoms with Crippen LogP contribution in [0.15, 0.2) is 0 Å². The molecule has 114 valence electrons. The van der Waals surface area contributed by atoms with Crippen molar-refractivity contribution in [3.8, 4) is 0 Å². The van der Waals surface area contributed by atoms with Crippen LogP contribution in [0.4, 0.5) is 0 Å². The summed E-state index contributed by atoms with van der Waals surface area (Å²) in [5, 5.41) is 46.1. The molecule has 0 aliphatic rings. The summed E-state index contributed by atoms with van der Waals surface area (Å²) in [6.45, 7) is -0.716. The fourth-order valence-corrected chi connectivity index (χ4v) is 1.61. The second-order valence-electron chi connectivity index (χ2n) is 4.06. The smallest absolute Gasteiger partial charge is 0.324 e. The molecule has 6 N–H and O–H groups in total. The van der Waals surface area contributed by atoms with Gasteiger partial charge in [0.25, 0.3) is 0 Å². The molecule has 0 saturated heterocycles.